The topological polar surface area (TPSA) is 73.0 Å². The second-order valence-electron chi connectivity index (χ2n) is 5.80. The van der Waals surface area contributed by atoms with Crippen LogP contribution in [0.3, 0.4) is 0 Å². The highest BCUT2D eigenvalue weighted by molar-refractivity contribution is 5.99. The quantitative estimate of drug-likeness (QED) is 0.870. The number of aromatic nitrogens is 3. The molecule has 0 unspecified atom stereocenters. The Balaban J connectivity index is 1.92. The molecule has 2 aliphatic rings. The number of rotatable bonds is 1. The van der Waals surface area contributed by atoms with E-state index in [4.69, 9.17) is 4.42 Å². The summed E-state index contributed by atoms with van der Waals surface area (Å²) in [5.74, 6) is 2.58. The van der Waals surface area contributed by atoms with E-state index in [9.17, 15) is 4.79 Å². The van der Waals surface area contributed by atoms with E-state index in [1.807, 2.05) is 19.1 Å². The molecule has 21 heavy (non-hydrogen) atoms. The minimum Gasteiger partial charge on any atom is -0.467 e. The van der Waals surface area contributed by atoms with E-state index in [1.54, 1.807) is 10.9 Å². The van der Waals surface area contributed by atoms with Gasteiger partial charge in [0.05, 0.1) is 6.26 Å². The van der Waals surface area contributed by atoms with Gasteiger partial charge < -0.3 is 9.73 Å². The highest BCUT2D eigenvalue weighted by Crippen LogP contribution is 2.41. The number of carbonyl (C=O) groups is 1. The number of hydrogen-bond acceptors (Lipinski definition) is 5. The molecule has 1 aliphatic heterocycles. The Kier molecular flexibility index (Phi) is 2.54. The molecule has 108 valence electrons. The summed E-state index contributed by atoms with van der Waals surface area (Å²) in [6.45, 7) is 3.94. The van der Waals surface area contributed by atoms with E-state index in [1.165, 1.54) is 0 Å². The van der Waals surface area contributed by atoms with Crippen LogP contribution in [-0.2, 0) is 4.79 Å². The zero-order valence-electron chi connectivity index (χ0n) is 12.0. The first-order valence-electron chi connectivity index (χ1n) is 7.13. The van der Waals surface area contributed by atoms with Crippen LogP contribution in [0.25, 0.3) is 0 Å². The average Bonchev–Trinajstić information content (AvgIpc) is 3.03. The number of allylic oxidation sites excluding steroid dienone is 2. The van der Waals surface area contributed by atoms with Crippen molar-refractivity contribution in [3.63, 3.8) is 0 Å². The summed E-state index contributed by atoms with van der Waals surface area (Å²) < 4.78 is 7.31. The normalized spacial score (nSPS) is 24.6. The maximum Gasteiger partial charge on any atom is 0.226 e. The molecule has 0 bridgehead atoms. The molecule has 0 spiro atoms. The van der Waals surface area contributed by atoms with E-state index in [0.717, 1.165) is 23.5 Å². The predicted molar refractivity (Wildman–Crippen MR) is 75.7 cm³/mol. The van der Waals surface area contributed by atoms with Crippen LogP contribution >= 0.6 is 0 Å². The molecule has 2 aromatic heterocycles. The Morgan fingerprint density at radius 3 is 3.05 bits per heavy atom. The van der Waals surface area contributed by atoms with Crippen molar-refractivity contribution in [1.82, 2.24) is 14.8 Å². The summed E-state index contributed by atoms with van der Waals surface area (Å²) >= 11 is 0. The second-order valence-corrected chi connectivity index (χ2v) is 5.80. The number of nitrogens with one attached hydrogen (secondary N) is 1. The Bertz CT molecular complexity index is 742. The second kappa shape index (κ2) is 4.31. The maximum absolute atomic E-state index is 12.6. The van der Waals surface area contributed by atoms with Gasteiger partial charge in [-0.25, -0.2) is 4.68 Å². The molecule has 2 atom stereocenters. The van der Waals surface area contributed by atoms with Crippen molar-refractivity contribution in [3.8, 4) is 0 Å². The van der Waals surface area contributed by atoms with Gasteiger partial charge in [-0.2, -0.15) is 10.1 Å². The first-order valence-corrected chi connectivity index (χ1v) is 7.13. The third-order valence-corrected chi connectivity index (χ3v) is 4.04. The Morgan fingerprint density at radius 1 is 1.43 bits per heavy atom. The van der Waals surface area contributed by atoms with Crippen LogP contribution in [0, 0.1) is 12.8 Å². The SMILES string of the molecule is Cc1nc2n(n1)[C@@H](c1ccco1)C1=C(C[C@H](C)CC1=O)N2. The van der Waals surface area contributed by atoms with Crippen LogP contribution in [0.1, 0.15) is 37.4 Å². The van der Waals surface area contributed by atoms with Gasteiger partial charge in [-0.05, 0) is 31.4 Å². The zero-order valence-corrected chi connectivity index (χ0v) is 12.0. The minimum atomic E-state index is -0.313. The van der Waals surface area contributed by atoms with Crippen LogP contribution < -0.4 is 5.32 Å². The van der Waals surface area contributed by atoms with Crippen molar-refractivity contribution >= 4 is 11.7 Å². The lowest BCUT2D eigenvalue weighted by atomic mass is 9.82. The molecule has 0 saturated heterocycles. The molecule has 1 aliphatic carbocycles. The Hall–Kier alpha value is -2.37. The molecule has 0 amide bonds. The van der Waals surface area contributed by atoms with Crippen molar-refractivity contribution < 1.29 is 9.21 Å². The van der Waals surface area contributed by atoms with E-state index >= 15 is 0 Å². The molecule has 6 heteroatoms. The Labute approximate surface area is 121 Å². The van der Waals surface area contributed by atoms with Gasteiger partial charge in [-0.3, -0.25) is 4.79 Å². The number of hydrogen-bond donors (Lipinski definition) is 1. The highest BCUT2D eigenvalue weighted by atomic mass is 16.3. The van der Waals surface area contributed by atoms with Gasteiger partial charge in [0.2, 0.25) is 5.95 Å². The van der Waals surface area contributed by atoms with Crippen molar-refractivity contribution in [3.05, 3.63) is 41.3 Å². The number of ketones is 1. The molecular formula is C15H16N4O2. The molecule has 0 aromatic carbocycles. The molecule has 4 rings (SSSR count). The van der Waals surface area contributed by atoms with Gasteiger partial charge in [0.1, 0.15) is 17.6 Å². The molecule has 6 nitrogen and oxygen atoms in total. The highest BCUT2D eigenvalue weighted by Gasteiger charge is 2.39. The average molecular weight is 284 g/mol. The summed E-state index contributed by atoms with van der Waals surface area (Å²) in [7, 11) is 0. The number of aryl methyl sites for hydroxylation is 1. The number of anilines is 1. The third kappa shape index (κ3) is 1.82. The fourth-order valence-corrected chi connectivity index (χ4v) is 3.22. The van der Waals surface area contributed by atoms with E-state index in [-0.39, 0.29) is 11.8 Å². The summed E-state index contributed by atoms with van der Waals surface area (Å²) in [4.78, 5) is 17.0. The molecule has 2 aromatic rings. The lowest BCUT2D eigenvalue weighted by Gasteiger charge is -2.32. The number of carbonyl (C=O) groups excluding carboxylic acids is 1. The van der Waals surface area contributed by atoms with Gasteiger partial charge in [-0.1, -0.05) is 6.92 Å². The lowest BCUT2D eigenvalue weighted by Crippen LogP contribution is -2.33. The predicted octanol–water partition coefficient (Wildman–Crippen LogP) is 2.45. The van der Waals surface area contributed by atoms with Gasteiger partial charge >= 0.3 is 0 Å². The fourth-order valence-electron chi connectivity index (χ4n) is 3.22. The molecule has 0 fully saturated rings. The first-order chi connectivity index (χ1) is 10.1. The number of furan rings is 1. The van der Waals surface area contributed by atoms with Gasteiger partial charge in [0.15, 0.2) is 5.78 Å². The van der Waals surface area contributed by atoms with Crippen LogP contribution in [0.4, 0.5) is 5.95 Å². The smallest absolute Gasteiger partial charge is 0.226 e. The van der Waals surface area contributed by atoms with E-state index in [2.05, 4.69) is 22.3 Å². The lowest BCUT2D eigenvalue weighted by molar-refractivity contribution is -0.117. The summed E-state index contributed by atoms with van der Waals surface area (Å²) in [5.41, 5.74) is 1.72. The monoisotopic (exact) mass is 284 g/mol. The minimum absolute atomic E-state index is 0.163. The third-order valence-electron chi connectivity index (χ3n) is 4.04. The van der Waals surface area contributed by atoms with Crippen LogP contribution in [0.15, 0.2) is 34.1 Å². The van der Waals surface area contributed by atoms with Crippen LogP contribution in [0.5, 0.6) is 0 Å². The molecule has 1 N–H and O–H groups in total. The van der Waals surface area contributed by atoms with Crippen LogP contribution in [0.2, 0.25) is 0 Å². The van der Waals surface area contributed by atoms with Crippen LogP contribution in [-0.4, -0.2) is 20.5 Å². The number of nitrogens with zero attached hydrogens (tertiary/aromatic N) is 3. The zero-order chi connectivity index (χ0) is 14.6. The molecule has 0 radical (unpaired) electrons. The van der Waals surface area contributed by atoms with Crippen molar-refractivity contribution in [2.75, 3.05) is 5.32 Å². The largest absolute Gasteiger partial charge is 0.467 e. The van der Waals surface area contributed by atoms with Crippen molar-refractivity contribution in [1.29, 1.82) is 0 Å². The van der Waals surface area contributed by atoms with Gasteiger partial charge in [0, 0.05) is 17.7 Å². The van der Waals surface area contributed by atoms with Crippen molar-refractivity contribution in [2.45, 2.75) is 32.7 Å². The van der Waals surface area contributed by atoms with Gasteiger partial charge in [-0.15, -0.1) is 0 Å². The van der Waals surface area contributed by atoms with Gasteiger partial charge in [0.25, 0.3) is 0 Å². The summed E-state index contributed by atoms with van der Waals surface area (Å²) in [5, 5.41) is 7.71. The van der Waals surface area contributed by atoms with Crippen molar-refractivity contribution in [2.24, 2.45) is 5.92 Å². The Morgan fingerprint density at radius 2 is 2.29 bits per heavy atom. The number of Topliss-reactive ketones (excluding diaryl/α,β-unsaturated/α-hetero) is 1. The number of fused-ring (bicyclic) bond motifs is 1. The molecule has 3 heterocycles. The fraction of sp³-hybridized carbons (Fsp3) is 0.400. The molecule has 0 saturated carbocycles. The van der Waals surface area contributed by atoms with E-state index < -0.39 is 0 Å². The summed E-state index contributed by atoms with van der Waals surface area (Å²) in [6.07, 6.45) is 3.04. The molecular weight excluding hydrogens is 268 g/mol. The standard InChI is InChI=1S/C15H16N4O2/c1-8-6-10-13(11(20)7-8)14(12-4-3-5-21-12)19-15(17-10)16-9(2)18-19/h3-5,8,14H,6-7H2,1-2H3,(H,16,17,18)/t8-,14-/m0/s1. The summed E-state index contributed by atoms with van der Waals surface area (Å²) in [6, 6.07) is 3.40. The first kappa shape index (κ1) is 12.4. The van der Waals surface area contributed by atoms with E-state index in [0.29, 0.717) is 24.1 Å². The maximum atomic E-state index is 12.6.